The van der Waals surface area contributed by atoms with E-state index in [9.17, 15) is 14.0 Å². The largest absolute Gasteiger partial charge is 0.463 e. The molecule has 0 unspecified atom stereocenters. The lowest BCUT2D eigenvalue weighted by Crippen LogP contribution is -2.25. The van der Waals surface area contributed by atoms with Crippen molar-refractivity contribution in [2.75, 3.05) is 6.54 Å². The van der Waals surface area contributed by atoms with Gasteiger partial charge < -0.3 is 20.0 Å². The third-order valence-electron chi connectivity index (χ3n) is 3.04. The Balaban J connectivity index is 1.96. The Kier molecular flexibility index (Phi) is 5.49. The predicted molar refractivity (Wildman–Crippen MR) is 86.2 cm³/mol. The first-order valence-corrected chi connectivity index (χ1v) is 7.67. The van der Waals surface area contributed by atoms with Gasteiger partial charge in [0.15, 0.2) is 4.77 Å². The summed E-state index contributed by atoms with van der Waals surface area (Å²) in [7, 11) is 0. The van der Waals surface area contributed by atoms with Gasteiger partial charge in [0, 0.05) is 13.0 Å². The molecule has 0 saturated carbocycles. The Labute approximate surface area is 137 Å². The molecule has 6 nitrogen and oxygen atoms in total. The molecule has 1 aromatic heterocycles. The maximum absolute atomic E-state index is 13.6. The molecule has 3 N–H and O–H groups in total. The van der Waals surface area contributed by atoms with Gasteiger partial charge >= 0.3 is 5.97 Å². The Hall–Kier alpha value is -2.22. The number of imidazole rings is 1. The number of benzene rings is 1. The monoisotopic (exact) mass is 339 g/mol. The summed E-state index contributed by atoms with van der Waals surface area (Å²) in [6.45, 7) is 3.83. The summed E-state index contributed by atoms with van der Waals surface area (Å²) in [6, 6.07) is 2.41. The van der Waals surface area contributed by atoms with Crippen LogP contribution in [0.1, 0.15) is 37.0 Å². The van der Waals surface area contributed by atoms with Crippen molar-refractivity contribution in [2.45, 2.75) is 32.8 Å². The Morgan fingerprint density at radius 1 is 1.35 bits per heavy atom. The summed E-state index contributed by atoms with van der Waals surface area (Å²) in [5.74, 6) is -1.28. The van der Waals surface area contributed by atoms with Crippen LogP contribution in [0, 0.1) is 10.6 Å². The van der Waals surface area contributed by atoms with E-state index in [0.29, 0.717) is 22.2 Å². The molecule has 0 aliphatic carbocycles. The van der Waals surface area contributed by atoms with Crippen LogP contribution >= 0.6 is 12.2 Å². The second-order valence-corrected chi connectivity index (χ2v) is 5.76. The van der Waals surface area contributed by atoms with Crippen molar-refractivity contribution in [2.24, 2.45) is 0 Å². The summed E-state index contributed by atoms with van der Waals surface area (Å²) < 4.78 is 18.9. The molecule has 2 aromatic rings. The van der Waals surface area contributed by atoms with Crippen molar-refractivity contribution in [3.05, 3.63) is 28.3 Å². The predicted octanol–water partition coefficient (Wildman–Crippen LogP) is 2.83. The maximum Gasteiger partial charge on any atom is 0.306 e. The molecule has 0 radical (unpaired) electrons. The fraction of sp³-hybridized carbons (Fsp3) is 0.400. The highest BCUT2D eigenvalue weighted by atomic mass is 32.1. The Bertz CT molecular complexity index is 782. The SMILES string of the molecule is CC(C)OC(=O)CCCNC(=O)c1cc(F)cc2[nH]c(=S)[nH]c12. The van der Waals surface area contributed by atoms with Crippen LogP contribution in [0.4, 0.5) is 4.39 Å². The van der Waals surface area contributed by atoms with E-state index in [4.69, 9.17) is 17.0 Å². The van der Waals surface area contributed by atoms with Gasteiger partial charge in [-0.1, -0.05) is 0 Å². The van der Waals surface area contributed by atoms with Gasteiger partial charge in [0.25, 0.3) is 5.91 Å². The number of esters is 1. The second kappa shape index (κ2) is 7.36. The van der Waals surface area contributed by atoms with Gasteiger partial charge in [-0.2, -0.15) is 0 Å². The molecular formula is C15H18FN3O3S. The zero-order chi connectivity index (χ0) is 17.0. The number of ether oxygens (including phenoxy) is 1. The van der Waals surface area contributed by atoms with Crippen LogP contribution in [-0.4, -0.2) is 34.5 Å². The van der Waals surface area contributed by atoms with E-state index in [1.807, 2.05) is 0 Å². The summed E-state index contributed by atoms with van der Waals surface area (Å²) in [5.41, 5.74) is 1.05. The highest BCUT2D eigenvalue weighted by molar-refractivity contribution is 7.71. The number of hydrogen-bond donors (Lipinski definition) is 3. The van der Waals surface area contributed by atoms with Crippen LogP contribution in [0.15, 0.2) is 12.1 Å². The fourth-order valence-electron chi connectivity index (χ4n) is 2.14. The van der Waals surface area contributed by atoms with Gasteiger partial charge in [0.05, 0.1) is 22.7 Å². The average Bonchev–Trinajstić information content (AvgIpc) is 2.81. The van der Waals surface area contributed by atoms with Crippen molar-refractivity contribution in [3.8, 4) is 0 Å². The normalized spacial score (nSPS) is 11.0. The standard InChI is InChI=1S/C15H18FN3O3S/c1-8(2)22-12(20)4-3-5-17-14(21)10-6-9(16)7-11-13(10)19-15(23)18-11/h6-8H,3-5H2,1-2H3,(H,17,21)(H2,18,19,23). The molecule has 0 fully saturated rings. The Morgan fingerprint density at radius 3 is 2.78 bits per heavy atom. The number of aromatic amines is 2. The van der Waals surface area contributed by atoms with Crippen molar-refractivity contribution in [3.63, 3.8) is 0 Å². The van der Waals surface area contributed by atoms with E-state index in [2.05, 4.69) is 15.3 Å². The highest BCUT2D eigenvalue weighted by Gasteiger charge is 2.14. The van der Waals surface area contributed by atoms with Gasteiger partial charge in [-0.05, 0) is 44.6 Å². The molecule has 0 spiro atoms. The van der Waals surface area contributed by atoms with Gasteiger partial charge in [0.2, 0.25) is 0 Å². The molecule has 1 aromatic carbocycles. The number of carbonyl (C=O) groups is 2. The van der Waals surface area contributed by atoms with Gasteiger partial charge in [-0.15, -0.1) is 0 Å². The lowest BCUT2D eigenvalue weighted by Gasteiger charge is -2.08. The minimum Gasteiger partial charge on any atom is -0.463 e. The lowest BCUT2D eigenvalue weighted by molar-refractivity contribution is -0.147. The average molecular weight is 339 g/mol. The zero-order valence-electron chi connectivity index (χ0n) is 12.9. The van der Waals surface area contributed by atoms with E-state index in [0.717, 1.165) is 6.07 Å². The van der Waals surface area contributed by atoms with Crippen LogP contribution < -0.4 is 5.32 Å². The number of nitrogens with one attached hydrogen (secondary N) is 3. The van der Waals surface area contributed by atoms with E-state index >= 15 is 0 Å². The number of hydrogen-bond acceptors (Lipinski definition) is 4. The summed E-state index contributed by atoms with van der Waals surface area (Å²) in [6.07, 6.45) is 0.497. The van der Waals surface area contributed by atoms with Gasteiger partial charge in [0.1, 0.15) is 5.82 Å². The lowest BCUT2D eigenvalue weighted by atomic mass is 10.1. The van der Waals surface area contributed by atoms with E-state index in [1.54, 1.807) is 13.8 Å². The number of amides is 1. The first-order chi connectivity index (χ1) is 10.9. The molecule has 0 aliphatic rings. The molecule has 0 aliphatic heterocycles. The number of rotatable bonds is 6. The van der Waals surface area contributed by atoms with Crippen LogP contribution in [0.2, 0.25) is 0 Å². The van der Waals surface area contributed by atoms with Crippen molar-refractivity contribution < 1.29 is 18.7 Å². The summed E-state index contributed by atoms with van der Waals surface area (Å²) >= 11 is 4.95. The first kappa shape index (κ1) is 17.1. The number of aromatic nitrogens is 2. The zero-order valence-corrected chi connectivity index (χ0v) is 13.7. The number of H-pyrrole nitrogens is 2. The summed E-state index contributed by atoms with van der Waals surface area (Å²) in [5, 5.41) is 2.65. The highest BCUT2D eigenvalue weighted by Crippen LogP contribution is 2.17. The molecule has 1 amide bonds. The number of fused-ring (bicyclic) bond motifs is 1. The molecule has 1 heterocycles. The minimum absolute atomic E-state index is 0.158. The van der Waals surface area contributed by atoms with E-state index in [-0.39, 0.29) is 30.6 Å². The number of halogens is 1. The fourth-order valence-corrected chi connectivity index (χ4v) is 2.35. The second-order valence-electron chi connectivity index (χ2n) is 5.35. The van der Waals surface area contributed by atoms with Crippen molar-refractivity contribution in [1.29, 1.82) is 0 Å². The van der Waals surface area contributed by atoms with E-state index < -0.39 is 11.7 Å². The third-order valence-corrected chi connectivity index (χ3v) is 3.25. The molecule has 0 bridgehead atoms. The van der Waals surface area contributed by atoms with Crippen LogP contribution in [0.25, 0.3) is 11.0 Å². The van der Waals surface area contributed by atoms with E-state index in [1.165, 1.54) is 6.07 Å². The Morgan fingerprint density at radius 2 is 2.09 bits per heavy atom. The summed E-state index contributed by atoms with van der Waals surface area (Å²) in [4.78, 5) is 29.2. The molecule has 2 rings (SSSR count). The van der Waals surface area contributed by atoms with Crippen molar-refractivity contribution in [1.82, 2.24) is 15.3 Å². The quantitative estimate of drug-likeness (QED) is 0.429. The molecule has 0 saturated heterocycles. The first-order valence-electron chi connectivity index (χ1n) is 7.26. The molecule has 8 heteroatoms. The molecule has 23 heavy (non-hydrogen) atoms. The van der Waals surface area contributed by atoms with Crippen molar-refractivity contribution >= 4 is 35.1 Å². The minimum atomic E-state index is -0.534. The van der Waals surface area contributed by atoms with Gasteiger partial charge in [-0.3, -0.25) is 9.59 Å². The smallest absolute Gasteiger partial charge is 0.306 e. The van der Waals surface area contributed by atoms with Crippen LogP contribution in [0.3, 0.4) is 0 Å². The topological polar surface area (TPSA) is 87.0 Å². The van der Waals surface area contributed by atoms with Gasteiger partial charge in [-0.25, -0.2) is 4.39 Å². The maximum atomic E-state index is 13.6. The van der Waals surface area contributed by atoms with Crippen LogP contribution in [-0.2, 0) is 9.53 Å². The third kappa shape index (κ3) is 4.62. The molecule has 0 atom stereocenters. The molecular weight excluding hydrogens is 321 g/mol. The van der Waals surface area contributed by atoms with Crippen LogP contribution in [0.5, 0.6) is 0 Å². The number of carbonyl (C=O) groups excluding carboxylic acids is 2. The molecule has 124 valence electrons.